The lowest BCUT2D eigenvalue weighted by molar-refractivity contribution is -0.145. The van der Waals surface area contributed by atoms with E-state index in [1.54, 1.807) is 6.92 Å². The number of carboxylic acid groups (broad SMARTS) is 1. The molecular formula is C18H26N2O4. The highest BCUT2D eigenvalue weighted by Gasteiger charge is 2.21. The van der Waals surface area contributed by atoms with Crippen LogP contribution in [0, 0.1) is 6.92 Å². The molecule has 1 atom stereocenters. The van der Waals surface area contributed by atoms with Crippen LogP contribution in [0.1, 0.15) is 37.8 Å². The molecule has 0 spiro atoms. The van der Waals surface area contributed by atoms with Gasteiger partial charge in [-0.05, 0) is 32.3 Å². The van der Waals surface area contributed by atoms with E-state index < -0.39 is 5.97 Å². The molecule has 6 heteroatoms. The van der Waals surface area contributed by atoms with E-state index >= 15 is 0 Å². The van der Waals surface area contributed by atoms with Crippen molar-refractivity contribution in [3.05, 3.63) is 35.4 Å². The second-order valence-electron chi connectivity index (χ2n) is 5.93. The number of carbonyl (C=O) groups excluding carboxylic acids is 2. The molecule has 0 radical (unpaired) electrons. The molecule has 0 aliphatic heterocycles. The fraction of sp³-hybridized carbons (Fsp3) is 0.500. The fourth-order valence-corrected chi connectivity index (χ4v) is 2.23. The van der Waals surface area contributed by atoms with E-state index in [-0.39, 0.29) is 30.9 Å². The van der Waals surface area contributed by atoms with Crippen LogP contribution in [0.2, 0.25) is 0 Å². The van der Waals surface area contributed by atoms with Crippen molar-refractivity contribution in [1.29, 1.82) is 0 Å². The minimum atomic E-state index is -1.06. The maximum Gasteiger partial charge on any atom is 0.323 e. The normalized spacial score (nSPS) is 11.6. The summed E-state index contributed by atoms with van der Waals surface area (Å²) in [6.07, 6.45) is 1.55. The van der Waals surface area contributed by atoms with E-state index in [1.807, 2.05) is 38.1 Å². The fourth-order valence-electron chi connectivity index (χ4n) is 2.23. The monoisotopic (exact) mass is 334 g/mol. The third-order valence-electron chi connectivity index (χ3n) is 3.95. The van der Waals surface area contributed by atoms with Crippen LogP contribution in [-0.2, 0) is 20.8 Å². The van der Waals surface area contributed by atoms with Gasteiger partial charge in [0.15, 0.2) is 0 Å². The number of aryl methyl sites for hydroxylation is 2. The van der Waals surface area contributed by atoms with E-state index in [0.29, 0.717) is 19.3 Å². The Hall–Kier alpha value is -2.37. The summed E-state index contributed by atoms with van der Waals surface area (Å²) in [5.41, 5.74) is 2.23. The number of hydrogen-bond donors (Lipinski definition) is 2. The lowest BCUT2D eigenvalue weighted by Crippen LogP contribution is -2.46. The maximum absolute atomic E-state index is 12.1. The lowest BCUT2D eigenvalue weighted by Gasteiger charge is -2.27. The molecule has 0 heterocycles. The summed E-state index contributed by atoms with van der Waals surface area (Å²) >= 11 is 0. The number of aliphatic carboxylic acids is 1. The van der Waals surface area contributed by atoms with Crippen LogP contribution in [0.5, 0.6) is 0 Å². The van der Waals surface area contributed by atoms with Crippen molar-refractivity contribution in [2.24, 2.45) is 0 Å². The molecule has 0 bridgehead atoms. The summed E-state index contributed by atoms with van der Waals surface area (Å²) in [5.74, 6) is -1.66. The van der Waals surface area contributed by atoms with Crippen LogP contribution in [0.3, 0.4) is 0 Å². The van der Waals surface area contributed by atoms with Crippen molar-refractivity contribution in [2.75, 3.05) is 13.1 Å². The summed E-state index contributed by atoms with van der Waals surface area (Å²) in [6, 6.07) is 7.76. The Morgan fingerprint density at radius 2 is 1.83 bits per heavy atom. The second kappa shape index (κ2) is 9.70. The minimum absolute atomic E-state index is 0.176. The first kappa shape index (κ1) is 19.7. The second-order valence-corrected chi connectivity index (χ2v) is 5.93. The molecule has 0 aromatic heterocycles. The molecule has 1 unspecified atom stereocenters. The number of amides is 2. The Kier molecular flexibility index (Phi) is 7.95. The lowest BCUT2D eigenvalue weighted by atomic mass is 10.1. The third kappa shape index (κ3) is 6.81. The molecule has 0 saturated heterocycles. The number of rotatable bonds is 9. The number of nitrogens with one attached hydrogen (secondary N) is 1. The molecule has 24 heavy (non-hydrogen) atoms. The number of carbonyl (C=O) groups is 3. The van der Waals surface area contributed by atoms with Gasteiger partial charge in [-0.2, -0.15) is 0 Å². The zero-order valence-corrected chi connectivity index (χ0v) is 14.5. The standard InChI is InChI=1S/C18H26N2O4/c1-4-14(3)20(12-18(23)24)17(22)11-19-16(21)10-9-15-7-5-13(2)6-8-15/h5-8,14H,4,9-12H2,1-3H3,(H,19,21)(H,23,24). The third-order valence-corrected chi connectivity index (χ3v) is 3.95. The molecule has 2 N–H and O–H groups in total. The SMILES string of the molecule is CCC(C)N(CC(=O)O)C(=O)CNC(=O)CCc1ccc(C)cc1. The number of benzene rings is 1. The molecule has 0 fully saturated rings. The Labute approximate surface area is 142 Å². The topological polar surface area (TPSA) is 86.7 Å². The number of carboxylic acids is 1. The molecule has 1 aromatic rings. The first-order valence-electron chi connectivity index (χ1n) is 8.17. The van der Waals surface area contributed by atoms with Gasteiger partial charge in [0.25, 0.3) is 0 Å². The highest BCUT2D eigenvalue weighted by molar-refractivity contribution is 5.87. The van der Waals surface area contributed by atoms with Crippen molar-refractivity contribution in [2.45, 2.75) is 46.1 Å². The molecule has 0 saturated carbocycles. The molecule has 0 aliphatic rings. The van der Waals surface area contributed by atoms with E-state index in [4.69, 9.17) is 5.11 Å². The summed E-state index contributed by atoms with van der Waals surface area (Å²) < 4.78 is 0. The first-order chi connectivity index (χ1) is 11.3. The summed E-state index contributed by atoms with van der Waals surface area (Å²) in [5, 5.41) is 11.5. The average molecular weight is 334 g/mol. The van der Waals surface area contributed by atoms with Gasteiger partial charge < -0.3 is 15.3 Å². The molecule has 1 aromatic carbocycles. The number of hydrogen-bond acceptors (Lipinski definition) is 3. The smallest absolute Gasteiger partial charge is 0.323 e. The van der Waals surface area contributed by atoms with Crippen molar-refractivity contribution in [3.8, 4) is 0 Å². The first-order valence-corrected chi connectivity index (χ1v) is 8.17. The average Bonchev–Trinajstić information content (AvgIpc) is 2.56. The van der Waals surface area contributed by atoms with Gasteiger partial charge in [-0.3, -0.25) is 14.4 Å². The van der Waals surface area contributed by atoms with Crippen molar-refractivity contribution < 1.29 is 19.5 Å². The zero-order chi connectivity index (χ0) is 18.1. The van der Waals surface area contributed by atoms with Gasteiger partial charge in [-0.15, -0.1) is 0 Å². The largest absolute Gasteiger partial charge is 0.480 e. The zero-order valence-electron chi connectivity index (χ0n) is 14.5. The van der Waals surface area contributed by atoms with Crippen LogP contribution in [0.25, 0.3) is 0 Å². The van der Waals surface area contributed by atoms with Crippen molar-refractivity contribution in [1.82, 2.24) is 10.2 Å². The Balaban J connectivity index is 2.44. The molecule has 6 nitrogen and oxygen atoms in total. The molecule has 132 valence electrons. The highest BCUT2D eigenvalue weighted by Crippen LogP contribution is 2.06. The van der Waals surface area contributed by atoms with Gasteiger partial charge >= 0.3 is 5.97 Å². The van der Waals surface area contributed by atoms with Gasteiger partial charge in [0.05, 0.1) is 6.54 Å². The van der Waals surface area contributed by atoms with Crippen LogP contribution < -0.4 is 5.32 Å². The van der Waals surface area contributed by atoms with Crippen LogP contribution in [0.15, 0.2) is 24.3 Å². The molecule has 0 aliphatic carbocycles. The summed E-state index contributed by atoms with van der Waals surface area (Å²) in [7, 11) is 0. The molecular weight excluding hydrogens is 308 g/mol. The highest BCUT2D eigenvalue weighted by atomic mass is 16.4. The van der Waals surface area contributed by atoms with Gasteiger partial charge in [0.1, 0.15) is 6.54 Å². The van der Waals surface area contributed by atoms with Crippen molar-refractivity contribution >= 4 is 17.8 Å². The van der Waals surface area contributed by atoms with Crippen molar-refractivity contribution in [3.63, 3.8) is 0 Å². The quantitative estimate of drug-likeness (QED) is 0.720. The summed E-state index contributed by atoms with van der Waals surface area (Å²) in [4.78, 5) is 36.2. The van der Waals surface area contributed by atoms with Crippen LogP contribution in [0.4, 0.5) is 0 Å². The van der Waals surface area contributed by atoms with E-state index in [9.17, 15) is 14.4 Å². The van der Waals surface area contributed by atoms with E-state index in [1.165, 1.54) is 4.90 Å². The Morgan fingerprint density at radius 3 is 2.38 bits per heavy atom. The van der Waals surface area contributed by atoms with Gasteiger partial charge in [-0.1, -0.05) is 36.8 Å². The van der Waals surface area contributed by atoms with Crippen LogP contribution >= 0.6 is 0 Å². The van der Waals surface area contributed by atoms with Gasteiger partial charge in [-0.25, -0.2) is 0 Å². The Bertz CT molecular complexity index is 569. The van der Waals surface area contributed by atoms with E-state index in [0.717, 1.165) is 11.1 Å². The van der Waals surface area contributed by atoms with Gasteiger partial charge in [0, 0.05) is 12.5 Å². The predicted octanol–water partition coefficient (Wildman–Crippen LogP) is 1.76. The summed E-state index contributed by atoms with van der Waals surface area (Å²) in [6.45, 7) is 5.15. The molecule has 1 rings (SSSR count). The van der Waals surface area contributed by atoms with Crippen LogP contribution in [-0.4, -0.2) is 46.9 Å². The number of nitrogens with zero attached hydrogens (tertiary/aromatic N) is 1. The minimum Gasteiger partial charge on any atom is -0.480 e. The van der Waals surface area contributed by atoms with E-state index in [2.05, 4.69) is 5.32 Å². The van der Waals surface area contributed by atoms with Gasteiger partial charge in [0.2, 0.25) is 11.8 Å². The molecule has 2 amide bonds. The maximum atomic E-state index is 12.1. The Morgan fingerprint density at radius 1 is 1.21 bits per heavy atom. The predicted molar refractivity (Wildman–Crippen MR) is 91.6 cm³/mol.